The molecule has 1 aliphatic heterocycles. The number of ether oxygens (including phenoxy) is 2. The van der Waals surface area contributed by atoms with Crippen molar-refractivity contribution in [1.29, 1.82) is 0 Å². The van der Waals surface area contributed by atoms with Crippen LogP contribution >= 0.6 is 0 Å². The summed E-state index contributed by atoms with van der Waals surface area (Å²) in [6.07, 6.45) is 17.9. The highest BCUT2D eigenvalue weighted by molar-refractivity contribution is 4.93. The minimum absolute atomic E-state index is 0.251. The highest BCUT2D eigenvalue weighted by Crippen LogP contribution is 2.51. The fraction of sp³-hybridized carbons (Fsp3) is 0.917. The molecule has 1 heterocycles. The number of unbranched alkanes of at least 4 members (excludes halogenated alkanes) is 1. The average molecular weight is 378 g/mol. The van der Waals surface area contributed by atoms with Crippen LogP contribution in [0.1, 0.15) is 90.9 Å². The monoisotopic (exact) mass is 377 g/mol. The maximum Gasteiger partial charge on any atom is 0.168 e. The van der Waals surface area contributed by atoms with E-state index in [2.05, 4.69) is 25.3 Å². The van der Waals surface area contributed by atoms with Gasteiger partial charge in [-0.1, -0.05) is 45.6 Å². The normalized spacial score (nSPS) is 33.6. The highest BCUT2D eigenvalue weighted by Gasteiger charge is 2.47. The van der Waals surface area contributed by atoms with Gasteiger partial charge < -0.3 is 9.47 Å². The molecule has 3 heteroatoms. The van der Waals surface area contributed by atoms with E-state index in [9.17, 15) is 0 Å². The van der Waals surface area contributed by atoms with E-state index in [4.69, 9.17) is 9.47 Å². The predicted octanol–water partition coefficient (Wildman–Crippen LogP) is 5.94. The van der Waals surface area contributed by atoms with Crippen LogP contribution in [0.2, 0.25) is 0 Å². The fourth-order valence-corrected chi connectivity index (χ4v) is 5.73. The van der Waals surface area contributed by atoms with Crippen molar-refractivity contribution in [2.75, 3.05) is 26.2 Å². The van der Waals surface area contributed by atoms with E-state index in [0.717, 1.165) is 44.9 Å². The molecule has 0 N–H and O–H groups in total. The van der Waals surface area contributed by atoms with Gasteiger partial charge in [0.25, 0.3) is 0 Å². The van der Waals surface area contributed by atoms with Crippen molar-refractivity contribution in [3.05, 3.63) is 12.7 Å². The number of rotatable bonds is 9. The lowest BCUT2D eigenvalue weighted by Crippen LogP contribution is -2.41. The molecule has 1 saturated heterocycles. The van der Waals surface area contributed by atoms with Gasteiger partial charge in [-0.3, -0.25) is 4.90 Å². The van der Waals surface area contributed by atoms with Gasteiger partial charge >= 0.3 is 0 Å². The molecule has 0 aromatic carbocycles. The van der Waals surface area contributed by atoms with Crippen molar-refractivity contribution in [2.45, 2.75) is 103 Å². The highest BCUT2D eigenvalue weighted by atomic mass is 16.7. The van der Waals surface area contributed by atoms with Crippen molar-refractivity contribution in [2.24, 2.45) is 11.3 Å². The summed E-state index contributed by atoms with van der Waals surface area (Å²) in [6, 6.07) is 0. The zero-order valence-electron chi connectivity index (χ0n) is 18.0. The first-order valence-electron chi connectivity index (χ1n) is 11.7. The van der Waals surface area contributed by atoms with Gasteiger partial charge in [-0.25, -0.2) is 0 Å². The topological polar surface area (TPSA) is 21.7 Å². The van der Waals surface area contributed by atoms with Crippen LogP contribution < -0.4 is 0 Å². The Labute approximate surface area is 167 Å². The van der Waals surface area contributed by atoms with Crippen LogP contribution in [0.3, 0.4) is 0 Å². The molecule has 1 atom stereocenters. The van der Waals surface area contributed by atoms with Crippen LogP contribution in [0, 0.1) is 11.3 Å². The minimum atomic E-state index is -0.251. The molecule has 0 amide bonds. The molecule has 3 aliphatic rings. The quantitative estimate of drug-likeness (QED) is 0.464. The molecule has 0 bridgehead atoms. The maximum absolute atomic E-state index is 6.52. The van der Waals surface area contributed by atoms with E-state index >= 15 is 0 Å². The Bertz CT molecular complexity index is 449. The Hall–Kier alpha value is -0.380. The molecule has 27 heavy (non-hydrogen) atoms. The molecule has 0 aromatic rings. The lowest BCUT2D eigenvalue weighted by molar-refractivity contribution is -0.199. The fourth-order valence-electron chi connectivity index (χ4n) is 5.73. The van der Waals surface area contributed by atoms with Gasteiger partial charge in [0.05, 0.1) is 12.7 Å². The molecule has 1 spiro atoms. The Morgan fingerprint density at radius 3 is 2.48 bits per heavy atom. The van der Waals surface area contributed by atoms with E-state index in [1.54, 1.807) is 0 Å². The predicted molar refractivity (Wildman–Crippen MR) is 113 cm³/mol. The molecule has 0 radical (unpaired) electrons. The third-order valence-corrected chi connectivity index (χ3v) is 7.62. The Morgan fingerprint density at radius 1 is 1.07 bits per heavy atom. The second kappa shape index (κ2) is 9.89. The smallest absolute Gasteiger partial charge is 0.168 e. The summed E-state index contributed by atoms with van der Waals surface area (Å²) in [7, 11) is 0. The number of hydrogen-bond donors (Lipinski definition) is 0. The Kier molecular flexibility index (Phi) is 7.82. The third-order valence-electron chi connectivity index (χ3n) is 7.62. The summed E-state index contributed by atoms with van der Waals surface area (Å²) in [5.41, 5.74) is 0.586. The second-order valence-electron chi connectivity index (χ2n) is 9.68. The molecule has 2 saturated carbocycles. The minimum Gasteiger partial charge on any atom is -0.347 e. The summed E-state index contributed by atoms with van der Waals surface area (Å²) in [6.45, 7) is 12.8. The van der Waals surface area contributed by atoms with Gasteiger partial charge in [0.15, 0.2) is 5.79 Å². The van der Waals surface area contributed by atoms with Crippen molar-refractivity contribution in [1.82, 2.24) is 4.90 Å². The first kappa shape index (κ1) is 21.3. The van der Waals surface area contributed by atoms with Gasteiger partial charge in [-0.05, 0) is 56.4 Å². The van der Waals surface area contributed by atoms with Crippen LogP contribution in [-0.4, -0.2) is 43.0 Å². The lowest BCUT2D eigenvalue weighted by Gasteiger charge is -2.46. The molecule has 3 fully saturated rings. The van der Waals surface area contributed by atoms with Gasteiger partial charge in [0.2, 0.25) is 0 Å². The molecule has 3 nitrogen and oxygen atoms in total. The number of hydrogen-bond acceptors (Lipinski definition) is 3. The van der Waals surface area contributed by atoms with E-state index in [-0.39, 0.29) is 11.9 Å². The van der Waals surface area contributed by atoms with E-state index in [1.807, 2.05) is 6.08 Å². The summed E-state index contributed by atoms with van der Waals surface area (Å²) < 4.78 is 12.8. The molecular formula is C24H43NO2. The van der Waals surface area contributed by atoms with Crippen molar-refractivity contribution >= 4 is 0 Å². The van der Waals surface area contributed by atoms with Gasteiger partial charge in [0.1, 0.15) is 0 Å². The maximum atomic E-state index is 6.52. The van der Waals surface area contributed by atoms with Crippen molar-refractivity contribution < 1.29 is 9.47 Å². The van der Waals surface area contributed by atoms with Crippen LogP contribution in [0.25, 0.3) is 0 Å². The Balaban J connectivity index is 1.43. The van der Waals surface area contributed by atoms with Gasteiger partial charge in [-0.15, -0.1) is 6.58 Å². The zero-order chi connectivity index (χ0) is 19.2. The van der Waals surface area contributed by atoms with E-state index in [1.165, 1.54) is 64.3 Å². The summed E-state index contributed by atoms with van der Waals surface area (Å²) >= 11 is 0. The number of nitrogens with zero attached hydrogens (tertiary/aromatic N) is 1. The first-order chi connectivity index (χ1) is 13.1. The standard InChI is InChI=1S/C24H43NO2/c1-4-6-18-25(17-5-2)19-12-22-20-26-24(27-22)15-10-21(11-16-24)23(3)13-8-7-9-14-23/h5,21-22H,2,4,6-20H2,1,3H3. The zero-order valence-corrected chi connectivity index (χ0v) is 18.0. The molecule has 1 unspecified atom stereocenters. The molecule has 3 rings (SSSR count). The van der Waals surface area contributed by atoms with Gasteiger partial charge in [-0.2, -0.15) is 0 Å². The van der Waals surface area contributed by atoms with Crippen molar-refractivity contribution in [3.63, 3.8) is 0 Å². The average Bonchev–Trinajstić information content (AvgIpc) is 3.07. The summed E-state index contributed by atoms with van der Waals surface area (Å²) in [4.78, 5) is 2.51. The van der Waals surface area contributed by atoms with Gasteiger partial charge in [0, 0.05) is 25.9 Å². The Morgan fingerprint density at radius 2 is 1.81 bits per heavy atom. The molecule has 156 valence electrons. The van der Waals surface area contributed by atoms with E-state index < -0.39 is 0 Å². The summed E-state index contributed by atoms with van der Waals surface area (Å²) in [5, 5.41) is 0. The lowest BCUT2D eigenvalue weighted by atomic mass is 9.62. The van der Waals surface area contributed by atoms with Crippen LogP contribution in [-0.2, 0) is 9.47 Å². The SMILES string of the molecule is C=CCN(CCCC)CCC1COC2(CCC(C3(C)CCCCC3)CC2)O1. The van der Waals surface area contributed by atoms with Crippen molar-refractivity contribution in [3.8, 4) is 0 Å². The molecule has 2 aliphatic carbocycles. The molecular weight excluding hydrogens is 334 g/mol. The van der Waals surface area contributed by atoms with Crippen LogP contribution in [0.4, 0.5) is 0 Å². The summed E-state index contributed by atoms with van der Waals surface area (Å²) in [5.74, 6) is 0.630. The second-order valence-corrected chi connectivity index (χ2v) is 9.68. The van der Waals surface area contributed by atoms with Crippen LogP contribution in [0.15, 0.2) is 12.7 Å². The van der Waals surface area contributed by atoms with Crippen LogP contribution in [0.5, 0.6) is 0 Å². The molecule has 0 aromatic heterocycles. The van der Waals surface area contributed by atoms with E-state index in [0.29, 0.717) is 5.41 Å². The first-order valence-corrected chi connectivity index (χ1v) is 11.7. The largest absolute Gasteiger partial charge is 0.347 e. The third kappa shape index (κ3) is 5.58.